The van der Waals surface area contributed by atoms with E-state index in [0.717, 1.165) is 37.9 Å². The molecule has 118 valence electrons. The lowest BCUT2D eigenvalue weighted by Gasteiger charge is -2.30. The minimum Gasteiger partial charge on any atom is -0.381 e. The topological polar surface area (TPSA) is 37.4 Å². The maximum Gasteiger partial charge on any atom is 0.0469 e. The molecule has 1 aromatic heterocycles. The molecule has 1 aromatic rings. The van der Waals surface area contributed by atoms with Crippen LogP contribution >= 0.6 is 0 Å². The van der Waals surface area contributed by atoms with Crippen LogP contribution < -0.4 is 10.2 Å². The zero-order chi connectivity index (χ0) is 15.2. The van der Waals surface area contributed by atoms with Crippen molar-refractivity contribution in [3.63, 3.8) is 0 Å². The van der Waals surface area contributed by atoms with Gasteiger partial charge in [0.15, 0.2) is 0 Å². The first-order valence-corrected chi connectivity index (χ1v) is 8.04. The Morgan fingerprint density at radius 3 is 2.76 bits per heavy atom. The molecule has 0 amide bonds. The lowest BCUT2D eigenvalue weighted by Crippen LogP contribution is -2.31. The Bertz CT molecular complexity index is 442. The Labute approximate surface area is 128 Å². The lowest BCUT2D eigenvalue weighted by atomic mass is 9.99. The first kappa shape index (κ1) is 16.2. The number of nitrogens with zero attached hydrogens (tertiary/aromatic N) is 2. The van der Waals surface area contributed by atoms with Crippen molar-refractivity contribution in [3.8, 4) is 0 Å². The molecule has 0 radical (unpaired) electrons. The van der Waals surface area contributed by atoms with Crippen LogP contribution in [-0.4, -0.2) is 37.8 Å². The van der Waals surface area contributed by atoms with Crippen molar-refractivity contribution in [2.24, 2.45) is 5.92 Å². The van der Waals surface area contributed by atoms with Gasteiger partial charge in [-0.3, -0.25) is 4.98 Å². The van der Waals surface area contributed by atoms with Gasteiger partial charge >= 0.3 is 0 Å². The normalized spacial score (nSPS) is 16.4. The van der Waals surface area contributed by atoms with Gasteiger partial charge in [0.05, 0.1) is 0 Å². The minimum absolute atomic E-state index is 0.486. The Balaban J connectivity index is 2.06. The molecule has 21 heavy (non-hydrogen) atoms. The summed E-state index contributed by atoms with van der Waals surface area (Å²) < 4.78 is 5.46. The van der Waals surface area contributed by atoms with Crippen LogP contribution in [0.5, 0.6) is 0 Å². The van der Waals surface area contributed by atoms with E-state index in [2.05, 4.69) is 49.1 Å². The second-order valence-electron chi connectivity index (χ2n) is 6.43. The molecule has 0 spiro atoms. The molecular weight excluding hydrogens is 262 g/mol. The number of aryl methyl sites for hydroxylation is 1. The van der Waals surface area contributed by atoms with E-state index in [4.69, 9.17) is 4.74 Å². The Hall–Kier alpha value is -1.13. The monoisotopic (exact) mass is 291 g/mol. The summed E-state index contributed by atoms with van der Waals surface area (Å²) in [7, 11) is 2.20. The van der Waals surface area contributed by atoms with E-state index in [1.165, 1.54) is 24.1 Å². The van der Waals surface area contributed by atoms with Crippen molar-refractivity contribution in [2.75, 3.05) is 31.7 Å². The van der Waals surface area contributed by atoms with Gasteiger partial charge in [-0.05, 0) is 31.7 Å². The van der Waals surface area contributed by atoms with Crippen LogP contribution in [0.3, 0.4) is 0 Å². The maximum absolute atomic E-state index is 5.46. The summed E-state index contributed by atoms with van der Waals surface area (Å²) in [6, 6.07) is 2.69. The van der Waals surface area contributed by atoms with Crippen molar-refractivity contribution in [1.29, 1.82) is 0 Å². The number of hydrogen-bond acceptors (Lipinski definition) is 4. The molecule has 0 aliphatic carbocycles. The third kappa shape index (κ3) is 4.97. The van der Waals surface area contributed by atoms with Crippen LogP contribution in [0.15, 0.2) is 12.3 Å². The largest absolute Gasteiger partial charge is 0.381 e. The molecule has 1 N–H and O–H groups in total. The molecule has 1 aliphatic rings. The molecule has 4 nitrogen and oxygen atoms in total. The highest BCUT2D eigenvalue weighted by molar-refractivity contribution is 5.53. The van der Waals surface area contributed by atoms with Gasteiger partial charge in [-0.2, -0.15) is 0 Å². The number of anilines is 1. The summed E-state index contributed by atoms with van der Waals surface area (Å²) in [6.45, 7) is 10.2. The number of aromatic nitrogens is 1. The van der Waals surface area contributed by atoms with E-state index in [0.29, 0.717) is 6.04 Å². The van der Waals surface area contributed by atoms with Crippen LogP contribution in [0, 0.1) is 12.8 Å². The summed E-state index contributed by atoms with van der Waals surface area (Å²) in [4.78, 5) is 6.85. The average Bonchev–Trinajstić information content (AvgIpc) is 2.46. The smallest absolute Gasteiger partial charge is 0.0469 e. The molecule has 0 aromatic carbocycles. The van der Waals surface area contributed by atoms with Gasteiger partial charge in [0.25, 0.3) is 0 Å². The highest BCUT2D eigenvalue weighted by Crippen LogP contribution is 2.23. The number of nitrogens with one attached hydrogen (secondary N) is 1. The Kier molecular flexibility index (Phi) is 6.00. The average molecular weight is 291 g/mol. The van der Waals surface area contributed by atoms with E-state index in [-0.39, 0.29) is 0 Å². The van der Waals surface area contributed by atoms with Crippen LogP contribution in [0.25, 0.3) is 0 Å². The van der Waals surface area contributed by atoms with Crippen molar-refractivity contribution < 1.29 is 4.74 Å². The summed E-state index contributed by atoms with van der Waals surface area (Å²) in [5.74, 6) is 0.739. The fourth-order valence-corrected chi connectivity index (χ4v) is 2.79. The molecular formula is C17H29N3O. The second-order valence-corrected chi connectivity index (χ2v) is 6.43. The van der Waals surface area contributed by atoms with Crippen LogP contribution in [0.1, 0.15) is 37.9 Å². The van der Waals surface area contributed by atoms with Crippen LogP contribution in [-0.2, 0) is 11.3 Å². The molecule has 1 saturated heterocycles. The van der Waals surface area contributed by atoms with Crippen molar-refractivity contribution in [1.82, 2.24) is 10.3 Å². The van der Waals surface area contributed by atoms with Gasteiger partial charge in [0.1, 0.15) is 0 Å². The van der Waals surface area contributed by atoms with E-state index in [1.54, 1.807) is 0 Å². The molecule has 0 saturated carbocycles. The summed E-state index contributed by atoms with van der Waals surface area (Å²) >= 11 is 0. The summed E-state index contributed by atoms with van der Waals surface area (Å²) in [5.41, 5.74) is 3.67. The van der Waals surface area contributed by atoms with Crippen LogP contribution in [0.2, 0.25) is 0 Å². The molecule has 1 fully saturated rings. The van der Waals surface area contributed by atoms with E-state index >= 15 is 0 Å². The van der Waals surface area contributed by atoms with Crippen molar-refractivity contribution in [2.45, 2.75) is 46.2 Å². The highest BCUT2D eigenvalue weighted by atomic mass is 16.5. The highest BCUT2D eigenvalue weighted by Gasteiger charge is 2.17. The van der Waals surface area contributed by atoms with Gasteiger partial charge in [-0.15, -0.1) is 0 Å². The molecule has 1 aliphatic heterocycles. The third-order valence-electron chi connectivity index (χ3n) is 4.08. The Morgan fingerprint density at radius 1 is 1.38 bits per heavy atom. The fourth-order valence-electron chi connectivity index (χ4n) is 2.79. The van der Waals surface area contributed by atoms with Gasteiger partial charge < -0.3 is 15.0 Å². The van der Waals surface area contributed by atoms with E-state index in [1.807, 2.05) is 6.20 Å². The molecule has 4 heteroatoms. The minimum atomic E-state index is 0.486. The van der Waals surface area contributed by atoms with Gasteiger partial charge in [0, 0.05) is 62.5 Å². The zero-order valence-corrected chi connectivity index (χ0v) is 13.9. The van der Waals surface area contributed by atoms with E-state index < -0.39 is 0 Å². The molecule has 2 rings (SSSR count). The summed E-state index contributed by atoms with van der Waals surface area (Å²) in [5, 5.41) is 3.49. The van der Waals surface area contributed by atoms with Crippen molar-refractivity contribution >= 4 is 5.69 Å². The predicted molar refractivity (Wildman–Crippen MR) is 87.8 cm³/mol. The summed E-state index contributed by atoms with van der Waals surface area (Å²) in [6.07, 6.45) is 4.36. The molecule has 0 bridgehead atoms. The number of ether oxygens (including phenoxy) is 1. The van der Waals surface area contributed by atoms with Crippen LogP contribution in [0.4, 0.5) is 5.69 Å². The lowest BCUT2D eigenvalue weighted by molar-refractivity contribution is 0.0685. The second kappa shape index (κ2) is 7.76. The predicted octanol–water partition coefficient (Wildman–Crippen LogP) is 2.75. The quantitative estimate of drug-likeness (QED) is 0.874. The number of hydrogen-bond donors (Lipinski definition) is 1. The SMILES string of the molecule is Cc1cc(N(C)CC2CCOCC2)c(CNC(C)C)cn1. The third-order valence-corrected chi connectivity index (χ3v) is 4.08. The Morgan fingerprint density at radius 2 is 2.10 bits per heavy atom. The maximum atomic E-state index is 5.46. The number of pyridine rings is 1. The van der Waals surface area contributed by atoms with Gasteiger partial charge in [-0.25, -0.2) is 0 Å². The van der Waals surface area contributed by atoms with Gasteiger partial charge in [-0.1, -0.05) is 13.8 Å². The molecule has 0 unspecified atom stereocenters. The first-order chi connectivity index (χ1) is 10.1. The first-order valence-electron chi connectivity index (χ1n) is 8.04. The van der Waals surface area contributed by atoms with Gasteiger partial charge in [0.2, 0.25) is 0 Å². The molecule has 2 heterocycles. The van der Waals surface area contributed by atoms with Crippen molar-refractivity contribution in [3.05, 3.63) is 23.5 Å². The van der Waals surface area contributed by atoms with E-state index in [9.17, 15) is 0 Å². The zero-order valence-electron chi connectivity index (χ0n) is 13.9. The number of rotatable bonds is 6. The fraction of sp³-hybridized carbons (Fsp3) is 0.706. The molecule has 0 atom stereocenters. The standard InChI is InChI=1S/C17H29N3O/c1-13(2)18-10-16-11-19-14(3)9-17(16)20(4)12-15-5-7-21-8-6-15/h9,11,13,15,18H,5-8,10,12H2,1-4H3.